The van der Waals surface area contributed by atoms with Crippen LogP contribution in [0.2, 0.25) is 0 Å². The summed E-state index contributed by atoms with van der Waals surface area (Å²) < 4.78 is 0. The van der Waals surface area contributed by atoms with Gasteiger partial charge in [-0.3, -0.25) is 4.79 Å². The zero-order valence-electron chi connectivity index (χ0n) is 8.84. The summed E-state index contributed by atoms with van der Waals surface area (Å²) in [5.74, 6) is -0.438. The van der Waals surface area contributed by atoms with Gasteiger partial charge in [-0.1, -0.05) is 11.2 Å². The first-order valence-corrected chi connectivity index (χ1v) is 4.74. The lowest BCUT2D eigenvalue weighted by molar-refractivity contribution is 0.0952. The van der Waals surface area contributed by atoms with Gasteiger partial charge in [-0.25, -0.2) is 0 Å². The van der Waals surface area contributed by atoms with E-state index in [9.17, 15) is 9.90 Å². The predicted octanol–water partition coefficient (Wildman–Crippen LogP) is 1.74. The van der Waals surface area contributed by atoms with E-state index >= 15 is 0 Å². The molecule has 0 aliphatic rings. The summed E-state index contributed by atoms with van der Waals surface area (Å²) in [6.07, 6.45) is 0. The number of benzene rings is 1. The Hall–Kier alpha value is -2.20. The van der Waals surface area contributed by atoms with Gasteiger partial charge in [-0.2, -0.15) is 0 Å². The average Bonchev–Trinajstić information content (AvgIpc) is 2.24. The topological polar surface area (TPSA) is 98.1 Å². The lowest BCUT2D eigenvalue weighted by Gasteiger charge is -2.05. The molecule has 6 heteroatoms. The van der Waals surface area contributed by atoms with Crippen LogP contribution >= 0.6 is 0 Å². The van der Waals surface area contributed by atoms with Crippen molar-refractivity contribution in [3.8, 4) is 5.75 Å². The fourth-order valence-electron chi connectivity index (χ4n) is 1.19. The minimum atomic E-state index is -0.384. The van der Waals surface area contributed by atoms with Crippen molar-refractivity contribution in [2.75, 3.05) is 13.1 Å². The third kappa shape index (κ3) is 3.18. The highest BCUT2D eigenvalue weighted by molar-refractivity contribution is 5.96. The smallest absolute Gasteiger partial charge is 0.255 e. The van der Waals surface area contributed by atoms with E-state index in [0.29, 0.717) is 0 Å². The molecule has 0 saturated heterocycles. The van der Waals surface area contributed by atoms with Gasteiger partial charge in [0.05, 0.1) is 5.56 Å². The maximum absolute atomic E-state index is 11.5. The number of nitrogens with one attached hydrogen (secondary N) is 1. The number of aromatic hydroxyl groups is 1. The highest BCUT2D eigenvalue weighted by Crippen LogP contribution is 2.17. The van der Waals surface area contributed by atoms with Gasteiger partial charge in [-0.15, -0.1) is 0 Å². The number of nitrogens with zero attached hydrogens (tertiary/aromatic N) is 3. The Morgan fingerprint density at radius 1 is 1.62 bits per heavy atom. The summed E-state index contributed by atoms with van der Waals surface area (Å²) in [5, 5.41) is 15.3. The van der Waals surface area contributed by atoms with Crippen molar-refractivity contribution in [2.45, 2.75) is 6.92 Å². The molecular formula is C10H12N4O2. The van der Waals surface area contributed by atoms with Crippen molar-refractivity contribution >= 4 is 5.91 Å². The monoisotopic (exact) mass is 220 g/mol. The van der Waals surface area contributed by atoms with Gasteiger partial charge in [0.15, 0.2) is 0 Å². The minimum Gasteiger partial charge on any atom is -0.507 e. The van der Waals surface area contributed by atoms with E-state index in [-0.39, 0.29) is 30.3 Å². The quantitative estimate of drug-likeness (QED) is 0.349. The average molecular weight is 220 g/mol. The van der Waals surface area contributed by atoms with Crippen molar-refractivity contribution in [3.63, 3.8) is 0 Å². The second kappa shape index (κ2) is 5.63. The van der Waals surface area contributed by atoms with Crippen LogP contribution in [-0.4, -0.2) is 24.1 Å². The highest BCUT2D eigenvalue weighted by atomic mass is 16.3. The second-order valence-electron chi connectivity index (χ2n) is 3.23. The van der Waals surface area contributed by atoms with Crippen LogP contribution in [0, 0.1) is 6.92 Å². The van der Waals surface area contributed by atoms with Crippen LogP contribution in [0.15, 0.2) is 23.3 Å². The molecule has 0 saturated carbocycles. The van der Waals surface area contributed by atoms with Crippen LogP contribution in [0.25, 0.3) is 10.4 Å². The molecule has 0 aromatic heterocycles. The molecule has 16 heavy (non-hydrogen) atoms. The number of carbonyl (C=O) groups is 1. The van der Waals surface area contributed by atoms with Gasteiger partial charge in [-0.05, 0) is 30.2 Å². The molecule has 2 N–H and O–H groups in total. The lowest BCUT2D eigenvalue weighted by Crippen LogP contribution is -2.25. The van der Waals surface area contributed by atoms with Gasteiger partial charge in [0.25, 0.3) is 5.91 Å². The number of hydrogen-bond donors (Lipinski definition) is 2. The van der Waals surface area contributed by atoms with Gasteiger partial charge in [0.1, 0.15) is 5.75 Å². The molecule has 0 radical (unpaired) electrons. The number of aryl methyl sites for hydroxylation is 1. The van der Waals surface area contributed by atoms with Crippen molar-refractivity contribution in [1.29, 1.82) is 0 Å². The first-order chi connectivity index (χ1) is 7.65. The van der Waals surface area contributed by atoms with E-state index in [1.54, 1.807) is 12.1 Å². The minimum absolute atomic E-state index is 0.0544. The Kier molecular flexibility index (Phi) is 4.17. The molecule has 0 fully saturated rings. The largest absolute Gasteiger partial charge is 0.507 e. The summed E-state index contributed by atoms with van der Waals surface area (Å²) in [6.45, 7) is 2.26. The maximum atomic E-state index is 11.5. The number of hydrogen-bond acceptors (Lipinski definition) is 3. The number of rotatable bonds is 4. The highest BCUT2D eigenvalue weighted by Gasteiger charge is 2.09. The Morgan fingerprint density at radius 3 is 3.00 bits per heavy atom. The molecule has 0 spiro atoms. The summed E-state index contributed by atoms with van der Waals surface area (Å²) >= 11 is 0. The molecular weight excluding hydrogens is 208 g/mol. The Labute approximate surface area is 92.5 Å². The first kappa shape index (κ1) is 11.9. The van der Waals surface area contributed by atoms with E-state index in [1.807, 2.05) is 6.92 Å². The molecule has 0 aliphatic carbocycles. The van der Waals surface area contributed by atoms with Crippen LogP contribution in [0.3, 0.4) is 0 Å². The van der Waals surface area contributed by atoms with E-state index in [2.05, 4.69) is 15.3 Å². The van der Waals surface area contributed by atoms with Crippen LogP contribution in [-0.2, 0) is 0 Å². The summed E-state index contributed by atoms with van der Waals surface area (Å²) in [6, 6.07) is 4.80. The predicted molar refractivity (Wildman–Crippen MR) is 59.2 cm³/mol. The Morgan fingerprint density at radius 2 is 2.38 bits per heavy atom. The zero-order chi connectivity index (χ0) is 12.0. The molecule has 1 aromatic rings. The first-order valence-electron chi connectivity index (χ1n) is 4.74. The van der Waals surface area contributed by atoms with Gasteiger partial charge >= 0.3 is 0 Å². The molecule has 1 rings (SSSR count). The number of amides is 1. The van der Waals surface area contributed by atoms with Gasteiger partial charge in [0, 0.05) is 18.0 Å². The molecule has 0 heterocycles. The van der Waals surface area contributed by atoms with E-state index in [1.165, 1.54) is 6.07 Å². The number of azide groups is 1. The molecule has 0 aliphatic heterocycles. The molecule has 1 amide bonds. The SMILES string of the molecule is Cc1ccc(C(=O)NCCN=[N+]=[N-])c(O)c1. The summed E-state index contributed by atoms with van der Waals surface area (Å²) in [7, 11) is 0. The molecule has 0 unspecified atom stereocenters. The molecule has 6 nitrogen and oxygen atoms in total. The van der Waals surface area contributed by atoms with Crippen molar-refractivity contribution in [2.24, 2.45) is 5.11 Å². The van der Waals surface area contributed by atoms with Gasteiger partial charge < -0.3 is 10.4 Å². The van der Waals surface area contributed by atoms with Crippen molar-refractivity contribution < 1.29 is 9.90 Å². The Bertz CT molecular complexity index is 438. The van der Waals surface area contributed by atoms with Crippen LogP contribution < -0.4 is 5.32 Å². The number of carbonyl (C=O) groups excluding carboxylic acids is 1. The molecule has 0 bridgehead atoms. The lowest BCUT2D eigenvalue weighted by atomic mass is 10.1. The van der Waals surface area contributed by atoms with Crippen LogP contribution in [0.5, 0.6) is 5.75 Å². The maximum Gasteiger partial charge on any atom is 0.255 e. The fourth-order valence-corrected chi connectivity index (χ4v) is 1.19. The third-order valence-corrected chi connectivity index (χ3v) is 1.96. The van der Waals surface area contributed by atoms with Crippen molar-refractivity contribution in [3.05, 3.63) is 39.8 Å². The normalized spacial score (nSPS) is 9.31. The Balaban J connectivity index is 2.62. The van der Waals surface area contributed by atoms with Gasteiger partial charge in [0.2, 0.25) is 0 Å². The van der Waals surface area contributed by atoms with Crippen LogP contribution in [0.1, 0.15) is 15.9 Å². The number of phenolic OH excluding ortho intramolecular Hbond substituents is 1. The fraction of sp³-hybridized carbons (Fsp3) is 0.300. The van der Waals surface area contributed by atoms with E-state index in [0.717, 1.165) is 5.56 Å². The molecule has 0 atom stereocenters. The molecule has 84 valence electrons. The zero-order valence-corrected chi connectivity index (χ0v) is 8.84. The number of phenols is 1. The third-order valence-electron chi connectivity index (χ3n) is 1.96. The standard InChI is InChI=1S/C10H12N4O2/c1-7-2-3-8(9(15)6-7)10(16)12-4-5-13-14-11/h2-3,6,15H,4-5H2,1H3,(H,12,16). The van der Waals surface area contributed by atoms with Crippen LogP contribution in [0.4, 0.5) is 0 Å². The molecule has 1 aromatic carbocycles. The van der Waals surface area contributed by atoms with E-state index < -0.39 is 0 Å². The summed E-state index contributed by atoms with van der Waals surface area (Å²) in [4.78, 5) is 14.1. The van der Waals surface area contributed by atoms with E-state index in [4.69, 9.17) is 5.53 Å². The second-order valence-corrected chi connectivity index (χ2v) is 3.23. The summed E-state index contributed by atoms with van der Waals surface area (Å²) in [5.41, 5.74) is 9.12. The van der Waals surface area contributed by atoms with Crippen molar-refractivity contribution in [1.82, 2.24) is 5.32 Å².